The molecule has 1 aromatic carbocycles. The lowest BCUT2D eigenvalue weighted by Gasteiger charge is -2.34. The molecule has 3 aliphatic heterocycles. The largest absolute Gasteiger partial charge is 0.337 e. The zero-order valence-corrected chi connectivity index (χ0v) is 26.4. The van der Waals surface area contributed by atoms with E-state index in [0.29, 0.717) is 44.0 Å². The summed E-state index contributed by atoms with van der Waals surface area (Å²) in [5, 5.41) is 1.23. The molecule has 226 valence electrons. The Morgan fingerprint density at radius 1 is 1.10 bits per heavy atom. The molecular formula is C26H36ClN5O6S3. The van der Waals surface area contributed by atoms with Crippen LogP contribution in [0.15, 0.2) is 28.5 Å². The minimum absolute atomic E-state index is 0.000413. The van der Waals surface area contributed by atoms with E-state index in [9.17, 15) is 26.4 Å². The van der Waals surface area contributed by atoms with E-state index in [-0.39, 0.29) is 34.7 Å². The minimum atomic E-state index is -3.94. The van der Waals surface area contributed by atoms with Crippen LogP contribution in [0.25, 0.3) is 10.1 Å². The van der Waals surface area contributed by atoms with E-state index >= 15 is 0 Å². The van der Waals surface area contributed by atoms with Crippen LogP contribution in [-0.2, 0) is 29.6 Å². The molecule has 3 fully saturated rings. The monoisotopic (exact) mass is 645 g/mol. The van der Waals surface area contributed by atoms with Crippen molar-refractivity contribution in [1.29, 1.82) is 0 Å². The Labute approximate surface area is 250 Å². The average molecular weight is 646 g/mol. The van der Waals surface area contributed by atoms with Gasteiger partial charge in [-0.25, -0.2) is 21.1 Å². The van der Waals surface area contributed by atoms with E-state index in [1.54, 1.807) is 31.3 Å². The molecule has 2 amide bonds. The maximum atomic E-state index is 13.4. The summed E-state index contributed by atoms with van der Waals surface area (Å²) in [6.07, 6.45) is 4.63. The summed E-state index contributed by atoms with van der Waals surface area (Å²) in [5.74, 6) is -0.533. The lowest BCUT2D eigenvalue weighted by atomic mass is 10.1. The van der Waals surface area contributed by atoms with Crippen LogP contribution in [0.4, 0.5) is 0 Å². The number of carbonyl (C=O) groups excluding carboxylic acids is 2. The molecule has 0 radical (unpaired) electrons. The standard InChI is InChI=1S/C26H36ClN5O6S3/c1-29(40(2,35)36)20-9-12-30(15-20)16-21-5-3-11-32(21)24(33)17-31-10-4-6-22(26(31)34)28-41(37,38)25-14-18-13-19(27)7-8-23(18)39-25/h7-8,13-14,20-22,28H,3-6,9-12,15-17H2,1-2H3. The Morgan fingerprint density at radius 3 is 2.61 bits per heavy atom. The Balaban J connectivity index is 1.18. The molecule has 11 nitrogen and oxygen atoms in total. The summed E-state index contributed by atoms with van der Waals surface area (Å²) in [6, 6.07) is 5.72. The molecule has 1 aromatic heterocycles. The van der Waals surface area contributed by atoms with Crippen LogP contribution >= 0.6 is 22.9 Å². The number of thiophene rings is 1. The number of amides is 2. The van der Waals surface area contributed by atoms with Gasteiger partial charge in [0.15, 0.2) is 0 Å². The normalized spacial score (nSPS) is 24.7. The van der Waals surface area contributed by atoms with Crippen molar-refractivity contribution in [3.8, 4) is 0 Å². The number of benzene rings is 1. The minimum Gasteiger partial charge on any atom is -0.337 e. The van der Waals surface area contributed by atoms with Crippen LogP contribution in [0.1, 0.15) is 32.1 Å². The van der Waals surface area contributed by atoms with Gasteiger partial charge in [-0.2, -0.15) is 4.72 Å². The number of halogens is 1. The molecule has 0 spiro atoms. The number of hydrogen-bond donors (Lipinski definition) is 1. The zero-order valence-electron chi connectivity index (χ0n) is 23.2. The van der Waals surface area contributed by atoms with Gasteiger partial charge in [-0.1, -0.05) is 11.6 Å². The van der Waals surface area contributed by atoms with Crippen LogP contribution in [0.3, 0.4) is 0 Å². The topological polar surface area (TPSA) is 127 Å². The molecule has 3 atom stereocenters. The van der Waals surface area contributed by atoms with Crippen molar-refractivity contribution >= 4 is 64.9 Å². The van der Waals surface area contributed by atoms with Gasteiger partial charge in [-0.3, -0.25) is 14.5 Å². The number of nitrogens with one attached hydrogen (secondary N) is 1. The first-order valence-electron chi connectivity index (χ1n) is 13.8. The van der Waals surface area contributed by atoms with Crippen molar-refractivity contribution < 1.29 is 26.4 Å². The van der Waals surface area contributed by atoms with E-state index in [2.05, 4.69) is 9.62 Å². The van der Waals surface area contributed by atoms with Gasteiger partial charge in [-0.15, -0.1) is 11.3 Å². The van der Waals surface area contributed by atoms with Crippen LogP contribution in [0.2, 0.25) is 5.02 Å². The van der Waals surface area contributed by atoms with Crippen molar-refractivity contribution in [3.05, 3.63) is 29.3 Å². The van der Waals surface area contributed by atoms with Crippen LogP contribution < -0.4 is 4.72 Å². The Bertz CT molecular complexity index is 1530. The Morgan fingerprint density at radius 2 is 1.85 bits per heavy atom. The third-order valence-electron chi connectivity index (χ3n) is 8.33. The van der Waals surface area contributed by atoms with Gasteiger partial charge < -0.3 is 9.80 Å². The number of fused-ring (bicyclic) bond motifs is 1. The van der Waals surface area contributed by atoms with Crippen molar-refractivity contribution in [2.75, 3.05) is 52.6 Å². The molecule has 0 saturated carbocycles. The second kappa shape index (κ2) is 12.1. The number of likely N-dealkylation sites (N-methyl/N-ethyl adjacent to an activating group) is 1. The van der Waals surface area contributed by atoms with Crippen molar-refractivity contribution in [3.63, 3.8) is 0 Å². The number of piperidine rings is 1. The quantitative estimate of drug-likeness (QED) is 0.440. The Kier molecular flexibility index (Phi) is 9.01. The third-order valence-corrected chi connectivity index (χ3v) is 13.0. The molecule has 2 aromatic rings. The average Bonchev–Trinajstić information content (AvgIpc) is 3.65. The fourth-order valence-corrected chi connectivity index (χ4v) is 9.54. The summed E-state index contributed by atoms with van der Waals surface area (Å²) in [4.78, 5) is 32.2. The van der Waals surface area contributed by atoms with Gasteiger partial charge in [0, 0.05) is 55.0 Å². The van der Waals surface area contributed by atoms with Gasteiger partial charge in [-0.05, 0) is 68.3 Å². The number of sulfonamides is 2. The first kappa shape index (κ1) is 30.6. The molecule has 3 unspecified atom stereocenters. The molecule has 3 aliphatic rings. The third kappa shape index (κ3) is 6.89. The summed E-state index contributed by atoms with van der Waals surface area (Å²) in [5.41, 5.74) is 0. The lowest BCUT2D eigenvalue weighted by Crippen LogP contribution is -2.55. The number of rotatable bonds is 9. The highest BCUT2D eigenvalue weighted by atomic mass is 35.5. The summed E-state index contributed by atoms with van der Waals surface area (Å²) >= 11 is 7.15. The number of likely N-dealkylation sites (tertiary alicyclic amines) is 3. The maximum Gasteiger partial charge on any atom is 0.250 e. The van der Waals surface area contributed by atoms with Gasteiger partial charge in [0.1, 0.15) is 10.3 Å². The second-order valence-corrected chi connectivity index (χ2v) is 16.7. The molecule has 41 heavy (non-hydrogen) atoms. The number of hydrogen-bond acceptors (Lipinski definition) is 8. The van der Waals surface area contributed by atoms with E-state index < -0.39 is 26.1 Å². The van der Waals surface area contributed by atoms with Crippen LogP contribution in [0, 0.1) is 0 Å². The molecule has 0 bridgehead atoms. The van der Waals surface area contributed by atoms with Gasteiger partial charge in [0.05, 0.1) is 12.8 Å². The van der Waals surface area contributed by atoms with E-state index in [1.165, 1.54) is 15.5 Å². The Hall–Kier alpha value is -1.81. The smallest absolute Gasteiger partial charge is 0.250 e. The van der Waals surface area contributed by atoms with E-state index in [4.69, 9.17) is 11.6 Å². The molecule has 0 aliphatic carbocycles. The van der Waals surface area contributed by atoms with E-state index in [0.717, 1.165) is 47.2 Å². The highest BCUT2D eigenvalue weighted by molar-refractivity contribution is 7.91. The SMILES string of the molecule is CN(C1CCN(CC2CCCN2C(=O)CN2CCCC(NS(=O)(=O)c3cc4cc(Cl)ccc4s3)C2=O)C1)S(C)(=O)=O. The summed E-state index contributed by atoms with van der Waals surface area (Å²) < 4.78 is 55.0. The van der Waals surface area contributed by atoms with Crippen molar-refractivity contribution in [2.45, 2.75) is 54.4 Å². The van der Waals surface area contributed by atoms with Crippen LogP contribution in [-0.4, -0.2) is 118 Å². The lowest BCUT2D eigenvalue weighted by molar-refractivity contribution is -0.143. The first-order valence-corrected chi connectivity index (χ1v) is 18.3. The van der Waals surface area contributed by atoms with Gasteiger partial charge in [0.2, 0.25) is 21.8 Å². The summed E-state index contributed by atoms with van der Waals surface area (Å²) in [7, 11) is -5.60. The fourth-order valence-electron chi connectivity index (χ4n) is 6.03. The molecule has 5 rings (SSSR count). The highest BCUT2D eigenvalue weighted by Gasteiger charge is 2.38. The van der Waals surface area contributed by atoms with Gasteiger partial charge >= 0.3 is 0 Å². The highest BCUT2D eigenvalue weighted by Crippen LogP contribution is 2.31. The molecule has 4 heterocycles. The molecule has 15 heteroatoms. The molecule has 3 saturated heterocycles. The predicted molar refractivity (Wildman–Crippen MR) is 159 cm³/mol. The molecule has 1 N–H and O–H groups in total. The summed E-state index contributed by atoms with van der Waals surface area (Å²) in [6.45, 7) is 2.97. The zero-order chi connectivity index (χ0) is 29.5. The van der Waals surface area contributed by atoms with Crippen LogP contribution in [0.5, 0.6) is 0 Å². The fraction of sp³-hybridized carbons (Fsp3) is 0.615. The predicted octanol–water partition coefficient (Wildman–Crippen LogP) is 1.78. The van der Waals surface area contributed by atoms with Crippen molar-refractivity contribution in [2.24, 2.45) is 0 Å². The molecular weight excluding hydrogens is 610 g/mol. The van der Waals surface area contributed by atoms with E-state index in [1.807, 2.05) is 4.90 Å². The van der Waals surface area contributed by atoms with Gasteiger partial charge in [0.25, 0.3) is 10.0 Å². The maximum absolute atomic E-state index is 13.4. The first-order chi connectivity index (χ1) is 19.3. The van der Waals surface area contributed by atoms with Crippen molar-refractivity contribution in [1.82, 2.24) is 23.7 Å². The number of nitrogens with zero attached hydrogens (tertiary/aromatic N) is 4. The number of carbonyl (C=O) groups is 2. The second-order valence-electron chi connectivity index (χ2n) is 11.2.